The lowest BCUT2D eigenvalue weighted by molar-refractivity contribution is 0.0932. The van der Waals surface area contributed by atoms with Gasteiger partial charge < -0.3 is 14.8 Å². The summed E-state index contributed by atoms with van der Waals surface area (Å²) in [6.07, 6.45) is 5.94. The number of hydrogen-bond donors (Lipinski definition) is 1. The maximum atomic E-state index is 12.4. The highest BCUT2D eigenvalue weighted by Gasteiger charge is 2.19. The minimum atomic E-state index is 0.0516. The van der Waals surface area contributed by atoms with Gasteiger partial charge in [0.25, 0.3) is 5.91 Å². The van der Waals surface area contributed by atoms with Gasteiger partial charge in [0.1, 0.15) is 13.2 Å². The summed E-state index contributed by atoms with van der Waals surface area (Å²) in [6, 6.07) is 10.2. The molecule has 2 aromatic rings. The standard InChI is InChI=1S/C19H21NO3S/c21-19(20-14-4-2-1-3-5-14)18-9-8-17(24-18)13-6-7-15-16(12-13)23-11-10-22-15/h6-9,12,14H,1-5,10-11H2,(H,20,21). The van der Waals surface area contributed by atoms with Crippen molar-refractivity contribution in [2.45, 2.75) is 38.1 Å². The number of nitrogens with one attached hydrogen (secondary N) is 1. The summed E-state index contributed by atoms with van der Waals surface area (Å²) in [5, 5.41) is 3.18. The summed E-state index contributed by atoms with van der Waals surface area (Å²) in [4.78, 5) is 14.3. The largest absolute Gasteiger partial charge is 0.486 e. The van der Waals surface area contributed by atoms with Crippen LogP contribution in [0.1, 0.15) is 41.8 Å². The molecule has 1 aliphatic heterocycles. The lowest BCUT2D eigenvalue weighted by Crippen LogP contribution is -2.35. The Morgan fingerprint density at radius 3 is 2.62 bits per heavy atom. The van der Waals surface area contributed by atoms with Crippen LogP contribution in [0.3, 0.4) is 0 Å². The molecule has 0 saturated heterocycles. The number of amides is 1. The van der Waals surface area contributed by atoms with Gasteiger partial charge >= 0.3 is 0 Å². The van der Waals surface area contributed by atoms with E-state index in [1.807, 2.05) is 30.3 Å². The van der Waals surface area contributed by atoms with Gasteiger partial charge in [0.15, 0.2) is 11.5 Å². The van der Waals surface area contributed by atoms with Crippen molar-refractivity contribution >= 4 is 17.2 Å². The molecule has 126 valence electrons. The fourth-order valence-corrected chi connectivity index (χ4v) is 4.22. The first-order valence-electron chi connectivity index (χ1n) is 8.60. The molecule has 1 aliphatic carbocycles. The number of fused-ring (bicyclic) bond motifs is 1. The molecule has 1 N–H and O–H groups in total. The molecule has 4 rings (SSSR count). The summed E-state index contributed by atoms with van der Waals surface area (Å²) in [6.45, 7) is 1.17. The topological polar surface area (TPSA) is 47.6 Å². The van der Waals surface area contributed by atoms with Gasteiger partial charge in [-0.25, -0.2) is 0 Å². The van der Waals surface area contributed by atoms with Crippen LogP contribution in [0.5, 0.6) is 11.5 Å². The number of carbonyl (C=O) groups is 1. The number of carbonyl (C=O) groups excluding carboxylic acids is 1. The van der Waals surface area contributed by atoms with Crippen molar-refractivity contribution < 1.29 is 14.3 Å². The van der Waals surface area contributed by atoms with E-state index in [2.05, 4.69) is 5.32 Å². The number of hydrogen-bond acceptors (Lipinski definition) is 4. The molecule has 0 bridgehead atoms. The molecule has 0 unspecified atom stereocenters. The number of thiophene rings is 1. The normalized spacial score (nSPS) is 17.5. The second-order valence-corrected chi connectivity index (χ2v) is 7.41. The SMILES string of the molecule is O=C(NC1CCCCC1)c1ccc(-c2ccc3c(c2)OCCO3)s1. The van der Waals surface area contributed by atoms with Crippen LogP contribution in [-0.2, 0) is 0 Å². The highest BCUT2D eigenvalue weighted by Crippen LogP contribution is 2.37. The van der Waals surface area contributed by atoms with Crippen molar-refractivity contribution in [1.29, 1.82) is 0 Å². The zero-order chi connectivity index (χ0) is 16.4. The van der Waals surface area contributed by atoms with E-state index in [9.17, 15) is 4.79 Å². The predicted octanol–water partition coefficient (Wildman–Crippen LogP) is 4.25. The zero-order valence-corrected chi connectivity index (χ0v) is 14.4. The summed E-state index contributed by atoms with van der Waals surface area (Å²) < 4.78 is 11.2. The molecule has 1 aromatic heterocycles. The Bertz CT molecular complexity index is 734. The fraction of sp³-hybridized carbons (Fsp3) is 0.421. The summed E-state index contributed by atoms with van der Waals surface area (Å²) in [7, 11) is 0. The van der Waals surface area contributed by atoms with Gasteiger partial charge in [0.2, 0.25) is 0 Å². The minimum Gasteiger partial charge on any atom is -0.486 e. The van der Waals surface area contributed by atoms with Gasteiger partial charge in [-0.3, -0.25) is 4.79 Å². The van der Waals surface area contributed by atoms with Crippen LogP contribution < -0.4 is 14.8 Å². The molecule has 0 spiro atoms. The number of benzene rings is 1. The Morgan fingerprint density at radius 2 is 1.79 bits per heavy atom. The van der Waals surface area contributed by atoms with Crippen molar-refractivity contribution in [3.8, 4) is 21.9 Å². The van der Waals surface area contributed by atoms with E-state index >= 15 is 0 Å². The van der Waals surface area contributed by atoms with Crippen LogP contribution in [0, 0.1) is 0 Å². The van der Waals surface area contributed by atoms with Crippen LogP contribution in [-0.4, -0.2) is 25.2 Å². The van der Waals surface area contributed by atoms with Gasteiger partial charge in [-0.1, -0.05) is 19.3 Å². The highest BCUT2D eigenvalue weighted by molar-refractivity contribution is 7.17. The average Bonchev–Trinajstić information content (AvgIpc) is 3.12. The van der Waals surface area contributed by atoms with Gasteiger partial charge in [-0.05, 0) is 48.7 Å². The summed E-state index contributed by atoms with van der Waals surface area (Å²) in [5.74, 6) is 1.62. The first-order chi connectivity index (χ1) is 11.8. The third-order valence-corrected chi connectivity index (χ3v) is 5.73. The molecule has 1 fully saturated rings. The van der Waals surface area contributed by atoms with Crippen LogP contribution in [0.15, 0.2) is 30.3 Å². The van der Waals surface area contributed by atoms with Crippen molar-refractivity contribution in [2.75, 3.05) is 13.2 Å². The Hall–Kier alpha value is -2.01. The maximum absolute atomic E-state index is 12.4. The molecule has 1 amide bonds. The number of ether oxygens (including phenoxy) is 2. The van der Waals surface area contributed by atoms with Crippen molar-refractivity contribution in [3.63, 3.8) is 0 Å². The third-order valence-electron chi connectivity index (χ3n) is 4.60. The van der Waals surface area contributed by atoms with Gasteiger partial charge in [-0.15, -0.1) is 11.3 Å². The van der Waals surface area contributed by atoms with Crippen molar-refractivity contribution in [2.24, 2.45) is 0 Å². The maximum Gasteiger partial charge on any atom is 0.261 e. The van der Waals surface area contributed by atoms with Gasteiger partial charge in [0, 0.05) is 10.9 Å². The summed E-state index contributed by atoms with van der Waals surface area (Å²) in [5.41, 5.74) is 1.06. The Kier molecular flexibility index (Phi) is 4.43. The van der Waals surface area contributed by atoms with E-state index in [0.717, 1.165) is 39.7 Å². The van der Waals surface area contributed by atoms with Gasteiger partial charge in [0.05, 0.1) is 4.88 Å². The molecule has 5 heteroatoms. The smallest absolute Gasteiger partial charge is 0.261 e. The van der Waals surface area contributed by atoms with Crippen molar-refractivity contribution in [1.82, 2.24) is 5.32 Å². The Labute approximate surface area is 145 Å². The quantitative estimate of drug-likeness (QED) is 0.906. The van der Waals surface area contributed by atoms with E-state index in [1.54, 1.807) is 0 Å². The van der Waals surface area contributed by atoms with Crippen LogP contribution >= 0.6 is 11.3 Å². The zero-order valence-electron chi connectivity index (χ0n) is 13.5. The molecular formula is C19H21NO3S. The van der Waals surface area contributed by atoms with E-state index in [0.29, 0.717) is 19.3 Å². The van der Waals surface area contributed by atoms with E-state index < -0.39 is 0 Å². The average molecular weight is 343 g/mol. The molecular weight excluding hydrogens is 322 g/mol. The first kappa shape index (κ1) is 15.5. The molecule has 0 radical (unpaired) electrons. The third kappa shape index (κ3) is 3.26. The number of rotatable bonds is 3. The van der Waals surface area contributed by atoms with Crippen LogP contribution in [0.4, 0.5) is 0 Å². The predicted molar refractivity (Wildman–Crippen MR) is 95.1 cm³/mol. The molecule has 0 atom stereocenters. The highest BCUT2D eigenvalue weighted by atomic mass is 32.1. The molecule has 2 heterocycles. The molecule has 2 aliphatic rings. The van der Waals surface area contributed by atoms with Crippen LogP contribution in [0.2, 0.25) is 0 Å². The minimum absolute atomic E-state index is 0.0516. The monoisotopic (exact) mass is 343 g/mol. The molecule has 24 heavy (non-hydrogen) atoms. The fourth-order valence-electron chi connectivity index (χ4n) is 3.32. The Morgan fingerprint density at radius 1 is 1.00 bits per heavy atom. The molecule has 1 saturated carbocycles. The summed E-state index contributed by atoms with van der Waals surface area (Å²) >= 11 is 1.52. The molecule has 4 nitrogen and oxygen atoms in total. The van der Waals surface area contributed by atoms with Crippen molar-refractivity contribution in [3.05, 3.63) is 35.2 Å². The lowest BCUT2D eigenvalue weighted by atomic mass is 9.95. The van der Waals surface area contributed by atoms with Gasteiger partial charge in [-0.2, -0.15) is 0 Å². The van der Waals surface area contributed by atoms with Crippen LogP contribution in [0.25, 0.3) is 10.4 Å². The molecule has 1 aromatic carbocycles. The van der Waals surface area contributed by atoms with E-state index in [1.165, 1.54) is 30.6 Å². The first-order valence-corrected chi connectivity index (χ1v) is 9.42. The van der Waals surface area contributed by atoms with E-state index in [4.69, 9.17) is 9.47 Å². The Balaban J connectivity index is 1.48. The second-order valence-electron chi connectivity index (χ2n) is 6.33. The lowest BCUT2D eigenvalue weighted by Gasteiger charge is -2.22. The second kappa shape index (κ2) is 6.85. The van der Waals surface area contributed by atoms with E-state index in [-0.39, 0.29) is 5.91 Å².